The van der Waals surface area contributed by atoms with Gasteiger partial charge < -0.3 is 11.1 Å². The molecule has 1 atom stereocenters. The van der Waals surface area contributed by atoms with Crippen molar-refractivity contribution < 1.29 is 9.63 Å². The summed E-state index contributed by atoms with van der Waals surface area (Å²) in [4.78, 5) is 27.2. The Kier molecular flexibility index (Phi) is 5.01. The van der Waals surface area contributed by atoms with Gasteiger partial charge in [-0.05, 0) is 29.7 Å². The van der Waals surface area contributed by atoms with Crippen LogP contribution >= 0.6 is 11.3 Å². The van der Waals surface area contributed by atoms with Crippen molar-refractivity contribution in [2.75, 3.05) is 17.7 Å². The normalized spacial score (nSPS) is 16.0. The maximum absolute atomic E-state index is 13.1. The fourth-order valence-corrected chi connectivity index (χ4v) is 4.75. The molecular formula is C23H21N5O2S. The van der Waals surface area contributed by atoms with Gasteiger partial charge in [-0.25, -0.2) is 14.8 Å². The third-order valence-corrected chi connectivity index (χ3v) is 6.45. The number of carbonyl (C=O) groups is 1. The van der Waals surface area contributed by atoms with Gasteiger partial charge in [0.1, 0.15) is 12.1 Å². The number of nitrogens with zero attached hydrogens (tertiary/aromatic N) is 3. The Balaban J connectivity index is 1.43. The number of rotatable bonds is 3. The molecule has 2 amide bonds. The van der Waals surface area contributed by atoms with Crippen LogP contribution in [0.1, 0.15) is 23.6 Å². The largest absolute Gasteiger partial charge is 0.382 e. The lowest BCUT2D eigenvalue weighted by atomic mass is 10.0. The van der Waals surface area contributed by atoms with Crippen molar-refractivity contribution in [2.45, 2.75) is 19.4 Å². The second-order valence-corrected chi connectivity index (χ2v) is 8.30. The first kappa shape index (κ1) is 19.5. The van der Waals surface area contributed by atoms with Crippen molar-refractivity contribution in [1.29, 1.82) is 0 Å². The zero-order valence-corrected chi connectivity index (χ0v) is 17.7. The first-order chi connectivity index (χ1) is 15.1. The molecule has 0 saturated carbocycles. The zero-order chi connectivity index (χ0) is 21.4. The highest BCUT2D eigenvalue weighted by Gasteiger charge is 2.32. The summed E-state index contributed by atoms with van der Waals surface area (Å²) in [5, 5.41) is 6.48. The Morgan fingerprint density at radius 3 is 2.90 bits per heavy atom. The van der Waals surface area contributed by atoms with Crippen LogP contribution in [0, 0.1) is 6.92 Å². The average molecular weight is 432 g/mol. The van der Waals surface area contributed by atoms with Crippen LogP contribution in [-0.2, 0) is 4.84 Å². The van der Waals surface area contributed by atoms with Crippen LogP contribution in [0.3, 0.4) is 0 Å². The Morgan fingerprint density at radius 2 is 2.06 bits per heavy atom. The number of nitrogen functional groups attached to an aromatic ring is 1. The molecule has 1 saturated heterocycles. The van der Waals surface area contributed by atoms with Crippen LogP contribution in [-0.4, -0.2) is 27.7 Å². The number of fused-ring (bicyclic) bond motifs is 1. The van der Waals surface area contributed by atoms with Gasteiger partial charge in [-0.1, -0.05) is 42.5 Å². The molecule has 1 aliphatic heterocycles. The highest BCUT2D eigenvalue weighted by molar-refractivity contribution is 7.18. The van der Waals surface area contributed by atoms with E-state index in [4.69, 9.17) is 10.6 Å². The average Bonchev–Trinajstić information content (AvgIpc) is 3.44. The lowest BCUT2D eigenvalue weighted by Gasteiger charge is -2.23. The number of thiophene rings is 1. The molecule has 3 heterocycles. The topological polar surface area (TPSA) is 93.4 Å². The summed E-state index contributed by atoms with van der Waals surface area (Å²) >= 11 is 1.51. The van der Waals surface area contributed by atoms with Crippen LogP contribution in [0.5, 0.6) is 0 Å². The molecule has 8 heteroatoms. The minimum Gasteiger partial charge on any atom is -0.382 e. The van der Waals surface area contributed by atoms with E-state index in [1.54, 1.807) is 0 Å². The minimum absolute atomic E-state index is 0.106. The molecule has 1 fully saturated rings. The van der Waals surface area contributed by atoms with E-state index in [9.17, 15) is 4.79 Å². The quantitative estimate of drug-likeness (QED) is 0.467. The van der Waals surface area contributed by atoms with E-state index in [1.807, 2.05) is 60.8 Å². The van der Waals surface area contributed by atoms with Gasteiger partial charge in [0, 0.05) is 23.1 Å². The molecule has 4 aromatic rings. The maximum Gasteiger partial charge on any atom is 0.346 e. The number of aromatic nitrogens is 2. The van der Waals surface area contributed by atoms with Gasteiger partial charge in [-0.2, -0.15) is 5.06 Å². The van der Waals surface area contributed by atoms with Crippen molar-refractivity contribution >= 4 is 39.1 Å². The molecule has 156 valence electrons. The lowest BCUT2D eigenvalue weighted by Crippen LogP contribution is -2.33. The van der Waals surface area contributed by atoms with Gasteiger partial charge in [-0.15, -0.1) is 11.3 Å². The highest BCUT2D eigenvalue weighted by Crippen LogP contribution is 2.36. The molecule has 5 rings (SSSR count). The molecule has 7 nitrogen and oxygen atoms in total. The summed E-state index contributed by atoms with van der Waals surface area (Å²) in [5.41, 5.74) is 11.5. The number of hydrogen-bond donors (Lipinski definition) is 2. The van der Waals surface area contributed by atoms with Gasteiger partial charge in [0.25, 0.3) is 0 Å². The maximum atomic E-state index is 13.1. The Bertz CT molecular complexity index is 1260. The predicted molar refractivity (Wildman–Crippen MR) is 123 cm³/mol. The van der Waals surface area contributed by atoms with Crippen LogP contribution in [0.4, 0.5) is 16.3 Å². The molecule has 1 aliphatic rings. The smallest absolute Gasteiger partial charge is 0.346 e. The van der Waals surface area contributed by atoms with Crippen molar-refractivity contribution in [3.8, 4) is 11.1 Å². The van der Waals surface area contributed by atoms with Gasteiger partial charge in [0.05, 0.1) is 22.9 Å². The first-order valence-electron chi connectivity index (χ1n) is 9.98. The fourth-order valence-electron chi connectivity index (χ4n) is 3.82. The summed E-state index contributed by atoms with van der Waals surface area (Å²) < 4.78 is 0.861. The van der Waals surface area contributed by atoms with E-state index in [1.165, 1.54) is 22.7 Å². The van der Waals surface area contributed by atoms with Crippen molar-refractivity contribution in [3.63, 3.8) is 0 Å². The highest BCUT2D eigenvalue weighted by atomic mass is 32.1. The van der Waals surface area contributed by atoms with Gasteiger partial charge in [-0.3, -0.25) is 4.84 Å². The molecule has 2 aromatic heterocycles. The Hall–Kier alpha value is -3.49. The summed E-state index contributed by atoms with van der Waals surface area (Å²) in [6.45, 7) is 2.47. The standard InChI is InChI=1S/C23H21N5O2S/c1-14-7-8-16(17-12-31-21-20(17)25-13-26-22(21)24)11-18(14)27-23(29)28-19(9-10-30-28)15-5-3-2-4-6-15/h2-8,11-13,19H,9-10H2,1H3,(H,27,29)(H2,24,25,26). The molecule has 31 heavy (non-hydrogen) atoms. The van der Waals surface area contributed by atoms with Crippen LogP contribution < -0.4 is 11.1 Å². The number of hydrogen-bond acceptors (Lipinski definition) is 6. The first-order valence-corrected chi connectivity index (χ1v) is 10.9. The number of aryl methyl sites for hydroxylation is 1. The number of urea groups is 1. The van der Waals surface area contributed by atoms with Crippen molar-refractivity contribution in [3.05, 3.63) is 71.4 Å². The molecule has 3 N–H and O–H groups in total. The summed E-state index contributed by atoms with van der Waals surface area (Å²) in [6, 6.07) is 15.5. The molecular weight excluding hydrogens is 410 g/mol. The van der Waals surface area contributed by atoms with E-state index in [0.717, 1.165) is 44.6 Å². The number of benzene rings is 2. The molecule has 0 spiro atoms. The van der Waals surface area contributed by atoms with E-state index in [0.29, 0.717) is 12.4 Å². The number of carbonyl (C=O) groups excluding carboxylic acids is 1. The zero-order valence-electron chi connectivity index (χ0n) is 16.9. The second kappa shape index (κ2) is 7.98. The SMILES string of the molecule is Cc1ccc(-c2csc3c(N)ncnc23)cc1NC(=O)N1OCCC1c1ccccc1. The van der Waals surface area contributed by atoms with E-state index < -0.39 is 0 Å². The van der Waals surface area contributed by atoms with E-state index in [-0.39, 0.29) is 12.1 Å². The number of amides is 2. The van der Waals surface area contributed by atoms with Crippen LogP contribution in [0.2, 0.25) is 0 Å². The summed E-state index contributed by atoms with van der Waals surface area (Å²) in [6.07, 6.45) is 2.23. The lowest BCUT2D eigenvalue weighted by molar-refractivity contribution is -0.0829. The van der Waals surface area contributed by atoms with E-state index >= 15 is 0 Å². The van der Waals surface area contributed by atoms with Gasteiger partial charge in [0.2, 0.25) is 0 Å². The monoisotopic (exact) mass is 431 g/mol. The van der Waals surface area contributed by atoms with E-state index in [2.05, 4.69) is 15.3 Å². The third kappa shape index (κ3) is 3.60. The minimum atomic E-state index is -0.284. The molecule has 1 unspecified atom stereocenters. The van der Waals surface area contributed by atoms with Gasteiger partial charge in [0.15, 0.2) is 0 Å². The summed E-state index contributed by atoms with van der Waals surface area (Å²) in [5.74, 6) is 0.472. The second-order valence-electron chi connectivity index (χ2n) is 7.42. The Labute approximate surface area is 183 Å². The third-order valence-electron chi connectivity index (χ3n) is 5.46. The summed E-state index contributed by atoms with van der Waals surface area (Å²) in [7, 11) is 0. The number of nitrogens with two attached hydrogens (primary N) is 1. The molecule has 0 bridgehead atoms. The predicted octanol–water partition coefficient (Wildman–Crippen LogP) is 5.16. The molecule has 2 aromatic carbocycles. The van der Waals surface area contributed by atoms with Crippen molar-refractivity contribution in [1.82, 2.24) is 15.0 Å². The van der Waals surface area contributed by atoms with Gasteiger partial charge >= 0.3 is 6.03 Å². The fraction of sp³-hybridized carbons (Fsp3) is 0.174. The van der Waals surface area contributed by atoms with Crippen molar-refractivity contribution in [2.24, 2.45) is 0 Å². The molecule has 0 aliphatic carbocycles. The molecule has 0 radical (unpaired) electrons. The Morgan fingerprint density at radius 1 is 1.23 bits per heavy atom. The number of nitrogens with one attached hydrogen (secondary N) is 1. The number of anilines is 2. The van der Waals surface area contributed by atoms with Crippen LogP contribution in [0.15, 0.2) is 60.2 Å². The number of hydroxylamine groups is 2. The van der Waals surface area contributed by atoms with Crippen LogP contribution in [0.25, 0.3) is 21.3 Å².